The van der Waals surface area contributed by atoms with Crippen molar-refractivity contribution in [2.75, 3.05) is 14.2 Å². The van der Waals surface area contributed by atoms with E-state index in [9.17, 15) is 19.8 Å². The summed E-state index contributed by atoms with van der Waals surface area (Å²) >= 11 is 0. The number of methoxy groups -OCH3 is 2. The third kappa shape index (κ3) is 19.4. The van der Waals surface area contributed by atoms with Crippen LogP contribution in [0.2, 0.25) is 0 Å². The lowest BCUT2D eigenvalue weighted by molar-refractivity contribution is -0.393. The lowest BCUT2D eigenvalue weighted by atomic mass is 9.95. The Morgan fingerprint density at radius 1 is 0.301 bits per heavy atom. The molecule has 103 heavy (non-hydrogen) atoms. The monoisotopic (exact) mass is 1410 g/mol. The van der Waals surface area contributed by atoms with Crippen LogP contribution in [0.5, 0.6) is 11.5 Å². The van der Waals surface area contributed by atoms with Crippen LogP contribution < -0.4 is 9.47 Å². The van der Waals surface area contributed by atoms with E-state index in [2.05, 4.69) is 0 Å². The van der Waals surface area contributed by atoms with Gasteiger partial charge in [-0.15, -0.1) is 0 Å². The molecule has 4 saturated heterocycles. The Morgan fingerprint density at radius 3 is 0.981 bits per heavy atom. The Bertz CT molecular complexity index is 3830. The van der Waals surface area contributed by atoms with Gasteiger partial charge in [0.1, 0.15) is 72.5 Å². The Labute approximate surface area is 600 Å². The molecule has 21 heteroatoms. The Morgan fingerprint density at radius 2 is 0.583 bits per heavy atom. The van der Waals surface area contributed by atoms with E-state index in [1.807, 2.05) is 170 Å². The number of carbonyl (C=O) groups is 2. The van der Waals surface area contributed by atoms with E-state index in [-0.39, 0.29) is 50.8 Å². The summed E-state index contributed by atoms with van der Waals surface area (Å²) in [7, 11) is 3.18. The summed E-state index contributed by atoms with van der Waals surface area (Å²) in [6, 6.07) is 70.0. The van der Waals surface area contributed by atoms with E-state index in [1.165, 1.54) is 0 Å². The zero-order chi connectivity index (χ0) is 71.6. The summed E-state index contributed by atoms with van der Waals surface area (Å²) in [6.45, 7) is 7.13. The SMILES string of the molecule is COc1ccc(CO[C@@H]2[C@H](O[C@@H]3O[C@@H](C)[C@@H](OC(=O)c4ccccc4)[C@@H](O[C@@H]4O[C@@H](C)[C@@H](O[C@@H]5O[C@@H](C)[C@@H](OC(=O)c6ccccc6)[C@@H](O)[C@@H]5OCc5ccccc5)[C@@H](OCc5ccc(OC)cc5)[C@@H]4OCc4ccccc4)[C@@H]3OCc3ccccc3)[C@H](C)O[C@H](O)[C@H]2OCc2ccccc2)cc1. The van der Waals surface area contributed by atoms with Gasteiger partial charge in [0.25, 0.3) is 0 Å². The topological polar surface area (TPSA) is 232 Å². The maximum atomic E-state index is 14.7. The number of ether oxygens (including phenoxy) is 17. The molecule has 8 aromatic carbocycles. The molecule has 0 spiro atoms. The van der Waals surface area contributed by atoms with Crippen LogP contribution in [0.3, 0.4) is 0 Å². The molecule has 0 bridgehead atoms. The summed E-state index contributed by atoms with van der Waals surface area (Å²) in [5.41, 5.74) is 5.30. The zero-order valence-corrected chi connectivity index (χ0v) is 58.4. The molecule has 20 atom stereocenters. The molecule has 21 nitrogen and oxygen atoms in total. The average Bonchev–Trinajstić information content (AvgIpc) is 0.764. The second-order valence-corrected chi connectivity index (χ2v) is 25.9. The van der Waals surface area contributed by atoms with E-state index in [0.29, 0.717) is 11.5 Å². The van der Waals surface area contributed by atoms with Crippen molar-refractivity contribution in [2.45, 2.75) is 190 Å². The summed E-state index contributed by atoms with van der Waals surface area (Å²) in [5.74, 6) is -0.0521. The van der Waals surface area contributed by atoms with Crippen LogP contribution in [0.1, 0.15) is 81.8 Å². The van der Waals surface area contributed by atoms with Gasteiger partial charge < -0.3 is 90.7 Å². The molecule has 12 rings (SSSR count). The smallest absolute Gasteiger partial charge is 0.338 e. The maximum absolute atomic E-state index is 14.7. The fraction of sp³-hybridized carbons (Fsp3) is 0.390. The summed E-state index contributed by atoms with van der Waals surface area (Å²) in [6.07, 6.45) is -24.0. The van der Waals surface area contributed by atoms with Crippen molar-refractivity contribution in [2.24, 2.45) is 0 Å². The van der Waals surface area contributed by atoms with Crippen LogP contribution in [0.15, 0.2) is 231 Å². The van der Waals surface area contributed by atoms with Gasteiger partial charge in [0.15, 0.2) is 37.4 Å². The molecule has 0 amide bonds. The first kappa shape index (κ1) is 74.4. The number of carbonyl (C=O) groups excluding carboxylic acids is 2. The van der Waals surface area contributed by atoms with Gasteiger partial charge in [0.05, 0.1) is 89.4 Å². The van der Waals surface area contributed by atoms with E-state index < -0.39 is 135 Å². The Hall–Kier alpha value is -8.30. The predicted molar refractivity (Wildman–Crippen MR) is 375 cm³/mol. The molecule has 2 N–H and O–H groups in total. The number of hydrogen-bond acceptors (Lipinski definition) is 21. The molecule has 4 aliphatic heterocycles. The molecular formula is C82H90O21. The maximum Gasteiger partial charge on any atom is 0.338 e. The number of aliphatic hydroxyl groups excluding tert-OH is 2. The minimum atomic E-state index is -1.49. The van der Waals surface area contributed by atoms with E-state index >= 15 is 0 Å². The molecule has 0 saturated carbocycles. The Kier molecular flexibility index (Phi) is 26.3. The highest BCUT2D eigenvalue weighted by Gasteiger charge is 2.58. The molecule has 8 aromatic rings. The van der Waals surface area contributed by atoms with Crippen LogP contribution >= 0.6 is 0 Å². The number of hydrogen-bond donors (Lipinski definition) is 2. The molecule has 0 radical (unpaired) electrons. The first-order valence-corrected chi connectivity index (χ1v) is 34.8. The standard InChI is InChI=1S/C82H90O21/c1-51-66(99-77(84)61-33-21-11-22-34-61)65(83)70(89-45-55-25-13-7-14-26-55)80(96-51)101-68-53(3)97-81(75(93-47-57-29-17-9-18-30-57)72(68)91-50-60-39-43-64(88-6)44-40-60)103-73-69(100-78(85)62-35-23-12-24-36-62)54(4)98-82(76(73)94-48-58-31-19-10-20-32-58)102-67-52(2)95-79(86)74(92-46-56-27-15-8-16-28-56)71(67)90-49-59-37-41-63(87-5)42-38-59/h7-44,51-54,65-76,79-83,86H,45-50H2,1-6H3/t51-,52-,53-,54-,65+,66+,67+,68+,69+,70-,71+,72+,73+,74-,75-,76-,79-,80-,81-,82-/m0/s1. The van der Waals surface area contributed by atoms with Crippen molar-refractivity contribution < 1.29 is 100 Å². The number of aliphatic hydroxyl groups is 2. The van der Waals surface area contributed by atoms with Gasteiger partial charge in [-0.2, -0.15) is 0 Å². The third-order valence-corrected chi connectivity index (χ3v) is 18.7. The van der Waals surface area contributed by atoms with Crippen molar-refractivity contribution in [3.8, 4) is 11.5 Å². The van der Waals surface area contributed by atoms with Crippen LogP contribution in [-0.4, -0.2) is 159 Å². The molecule has 0 unspecified atom stereocenters. The first-order valence-electron chi connectivity index (χ1n) is 34.8. The highest BCUT2D eigenvalue weighted by molar-refractivity contribution is 5.90. The quantitative estimate of drug-likeness (QED) is 0.0398. The lowest BCUT2D eigenvalue weighted by Gasteiger charge is -2.51. The fourth-order valence-corrected chi connectivity index (χ4v) is 13.1. The second-order valence-electron chi connectivity index (χ2n) is 25.9. The fourth-order valence-electron chi connectivity index (χ4n) is 13.1. The van der Waals surface area contributed by atoms with Gasteiger partial charge in [-0.25, -0.2) is 9.59 Å². The normalized spacial score (nSPS) is 29.3. The van der Waals surface area contributed by atoms with Crippen LogP contribution in [0.25, 0.3) is 0 Å². The zero-order valence-electron chi connectivity index (χ0n) is 58.4. The van der Waals surface area contributed by atoms with Gasteiger partial charge in [-0.3, -0.25) is 0 Å². The largest absolute Gasteiger partial charge is 0.497 e. The number of esters is 2. The van der Waals surface area contributed by atoms with E-state index in [1.54, 1.807) is 103 Å². The predicted octanol–water partition coefficient (Wildman–Crippen LogP) is 11.5. The average molecular weight is 1410 g/mol. The van der Waals surface area contributed by atoms with Crippen molar-refractivity contribution in [3.63, 3.8) is 0 Å². The Balaban J connectivity index is 0.933. The van der Waals surface area contributed by atoms with Gasteiger partial charge in [-0.1, -0.05) is 182 Å². The van der Waals surface area contributed by atoms with Gasteiger partial charge in [-0.05, 0) is 110 Å². The van der Waals surface area contributed by atoms with Crippen LogP contribution in [0, 0.1) is 0 Å². The third-order valence-electron chi connectivity index (χ3n) is 18.7. The minimum Gasteiger partial charge on any atom is -0.497 e. The number of rotatable bonds is 30. The summed E-state index contributed by atoms with van der Waals surface area (Å²) < 4.78 is 115. The van der Waals surface area contributed by atoms with E-state index in [4.69, 9.17) is 80.5 Å². The first-order chi connectivity index (χ1) is 50.3. The van der Waals surface area contributed by atoms with E-state index in [0.717, 1.165) is 33.4 Å². The van der Waals surface area contributed by atoms with Gasteiger partial charge in [0, 0.05) is 0 Å². The minimum absolute atomic E-state index is 0.00169. The molecule has 4 heterocycles. The van der Waals surface area contributed by atoms with Gasteiger partial charge in [0.2, 0.25) is 0 Å². The summed E-state index contributed by atoms with van der Waals surface area (Å²) in [4.78, 5) is 28.5. The van der Waals surface area contributed by atoms with Gasteiger partial charge >= 0.3 is 11.9 Å². The molecule has 4 aliphatic rings. The second kappa shape index (κ2) is 36.4. The van der Waals surface area contributed by atoms with Crippen molar-refractivity contribution in [1.29, 1.82) is 0 Å². The highest BCUT2D eigenvalue weighted by Crippen LogP contribution is 2.41. The van der Waals surface area contributed by atoms with Crippen LogP contribution in [0.4, 0.5) is 0 Å². The van der Waals surface area contributed by atoms with Crippen molar-refractivity contribution in [3.05, 3.63) is 275 Å². The molecule has 0 aliphatic carbocycles. The molecular weight excluding hydrogens is 1320 g/mol. The van der Waals surface area contributed by atoms with Crippen molar-refractivity contribution >= 4 is 11.9 Å². The van der Waals surface area contributed by atoms with Crippen molar-refractivity contribution in [1.82, 2.24) is 0 Å². The number of benzene rings is 8. The summed E-state index contributed by atoms with van der Waals surface area (Å²) in [5, 5.41) is 24.5. The lowest BCUT2D eigenvalue weighted by Crippen LogP contribution is -2.67. The molecule has 4 fully saturated rings. The highest BCUT2D eigenvalue weighted by atomic mass is 16.8. The molecule has 544 valence electrons. The molecule has 0 aromatic heterocycles. The van der Waals surface area contributed by atoms with Crippen LogP contribution in [-0.2, 0) is 111 Å².